The summed E-state index contributed by atoms with van der Waals surface area (Å²) in [6.07, 6.45) is 0.839. The van der Waals surface area contributed by atoms with Crippen molar-refractivity contribution >= 4 is 29.3 Å². The summed E-state index contributed by atoms with van der Waals surface area (Å²) in [5.74, 6) is 0.943. The van der Waals surface area contributed by atoms with Gasteiger partial charge in [-0.3, -0.25) is 4.79 Å². The Balaban J connectivity index is 0.00000243. The molecular formula is C20H25ClN4O. The van der Waals surface area contributed by atoms with Crippen LogP contribution in [0.5, 0.6) is 0 Å². The number of fused-ring (bicyclic) bond motifs is 1. The zero-order valence-corrected chi connectivity index (χ0v) is 16.0. The predicted molar refractivity (Wildman–Crippen MR) is 108 cm³/mol. The molecule has 0 aliphatic carbocycles. The molecule has 138 valence electrons. The number of imidazole rings is 1. The largest absolute Gasteiger partial charge is 0.350 e. The smallest absolute Gasteiger partial charge is 0.251 e. The van der Waals surface area contributed by atoms with Crippen molar-refractivity contribution in [2.24, 2.45) is 0 Å². The van der Waals surface area contributed by atoms with Crippen molar-refractivity contribution in [2.45, 2.75) is 19.9 Å². The second-order valence-electron chi connectivity index (χ2n) is 6.07. The third kappa shape index (κ3) is 4.42. The van der Waals surface area contributed by atoms with Crippen LogP contribution in [-0.4, -0.2) is 35.6 Å². The third-order valence-electron chi connectivity index (χ3n) is 4.37. The summed E-state index contributed by atoms with van der Waals surface area (Å²) in [4.78, 5) is 17.1. The van der Waals surface area contributed by atoms with Crippen LogP contribution in [0.15, 0.2) is 48.5 Å². The van der Waals surface area contributed by atoms with Gasteiger partial charge in [0.05, 0.1) is 11.0 Å². The molecule has 2 N–H and O–H groups in total. The van der Waals surface area contributed by atoms with E-state index in [2.05, 4.69) is 26.3 Å². The molecule has 0 aliphatic rings. The SMILES string of the molecule is CNCCc1ccccc1C(=O)NCCn1c(C)nc2ccccc21.Cl. The first kappa shape index (κ1) is 19.9. The molecule has 6 heteroatoms. The second kappa shape index (κ2) is 9.36. The van der Waals surface area contributed by atoms with Gasteiger partial charge in [0.25, 0.3) is 5.91 Å². The van der Waals surface area contributed by atoms with Crippen LogP contribution in [-0.2, 0) is 13.0 Å². The highest BCUT2D eigenvalue weighted by atomic mass is 35.5. The average molecular weight is 373 g/mol. The minimum Gasteiger partial charge on any atom is -0.350 e. The second-order valence-corrected chi connectivity index (χ2v) is 6.07. The fourth-order valence-electron chi connectivity index (χ4n) is 3.07. The van der Waals surface area contributed by atoms with Gasteiger partial charge in [-0.1, -0.05) is 30.3 Å². The summed E-state index contributed by atoms with van der Waals surface area (Å²) in [5.41, 5.74) is 3.91. The highest BCUT2D eigenvalue weighted by Gasteiger charge is 2.11. The lowest BCUT2D eigenvalue weighted by Crippen LogP contribution is -2.28. The average Bonchev–Trinajstić information content (AvgIpc) is 2.95. The van der Waals surface area contributed by atoms with Crippen molar-refractivity contribution in [1.29, 1.82) is 0 Å². The normalized spacial score (nSPS) is 10.5. The zero-order valence-electron chi connectivity index (χ0n) is 15.2. The molecule has 2 aromatic carbocycles. The van der Waals surface area contributed by atoms with Crippen molar-refractivity contribution in [3.63, 3.8) is 0 Å². The number of halogens is 1. The number of carbonyl (C=O) groups excluding carboxylic acids is 1. The van der Waals surface area contributed by atoms with Crippen LogP contribution in [0.25, 0.3) is 11.0 Å². The quantitative estimate of drug-likeness (QED) is 0.670. The Bertz CT molecular complexity index is 875. The van der Waals surface area contributed by atoms with E-state index < -0.39 is 0 Å². The fourth-order valence-corrected chi connectivity index (χ4v) is 3.07. The first-order valence-electron chi connectivity index (χ1n) is 8.63. The summed E-state index contributed by atoms with van der Waals surface area (Å²) in [7, 11) is 1.92. The summed E-state index contributed by atoms with van der Waals surface area (Å²) in [6, 6.07) is 15.9. The number of amides is 1. The Labute approximate surface area is 160 Å². The molecular weight excluding hydrogens is 348 g/mol. The molecule has 0 saturated heterocycles. The van der Waals surface area contributed by atoms with E-state index in [9.17, 15) is 4.79 Å². The number of aromatic nitrogens is 2. The van der Waals surface area contributed by atoms with E-state index in [1.54, 1.807) is 0 Å². The Kier molecular flexibility index (Phi) is 7.18. The predicted octanol–water partition coefficient (Wildman–Crippen LogP) is 2.96. The number of nitrogens with zero attached hydrogens (tertiary/aromatic N) is 2. The van der Waals surface area contributed by atoms with E-state index in [1.807, 2.05) is 56.4 Å². The van der Waals surface area contributed by atoms with Crippen molar-refractivity contribution in [3.8, 4) is 0 Å². The van der Waals surface area contributed by atoms with E-state index >= 15 is 0 Å². The molecule has 3 rings (SSSR count). The van der Waals surface area contributed by atoms with Crippen molar-refractivity contribution in [3.05, 3.63) is 65.5 Å². The molecule has 0 spiro atoms. The van der Waals surface area contributed by atoms with Crippen molar-refractivity contribution in [1.82, 2.24) is 20.2 Å². The minimum absolute atomic E-state index is 0. The third-order valence-corrected chi connectivity index (χ3v) is 4.37. The molecule has 1 amide bonds. The lowest BCUT2D eigenvalue weighted by Gasteiger charge is -2.11. The molecule has 0 atom stereocenters. The lowest BCUT2D eigenvalue weighted by molar-refractivity contribution is 0.0951. The van der Waals surface area contributed by atoms with Gasteiger partial charge in [-0.05, 0) is 50.7 Å². The van der Waals surface area contributed by atoms with Gasteiger partial charge < -0.3 is 15.2 Å². The maximum atomic E-state index is 12.5. The van der Waals surface area contributed by atoms with Gasteiger partial charge in [0, 0.05) is 18.7 Å². The van der Waals surface area contributed by atoms with Crippen LogP contribution in [0.3, 0.4) is 0 Å². The van der Waals surface area contributed by atoms with Gasteiger partial charge >= 0.3 is 0 Å². The van der Waals surface area contributed by atoms with Crippen LogP contribution in [0.4, 0.5) is 0 Å². The van der Waals surface area contributed by atoms with E-state index in [-0.39, 0.29) is 18.3 Å². The topological polar surface area (TPSA) is 59.0 Å². The zero-order chi connectivity index (χ0) is 17.6. The molecule has 5 nitrogen and oxygen atoms in total. The van der Waals surface area contributed by atoms with Crippen LogP contribution in [0.2, 0.25) is 0 Å². The number of nitrogens with one attached hydrogen (secondary N) is 2. The van der Waals surface area contributed by atoms with E-state index in [0.29, 0.717) is 13.1 Å². The highest BCUT2D eigenvalue weighted by Crippen LogP contribution is 2.15. The molecule has 26 heavy (non-hydrogen) atoms. The molecule has 0 fully saturated rings. The number of hydrogen-bond donors (Lipinski definition) is 2. The summed E-state index contributed by atoms with van der Waals surface area (Å²) in [5, 5.41) is 6.16. The minimum atomic E-state index is -0.0197. The summed E-state index contributed by atoms with van der Waals surface area (Å²) < 4.78 is 2.14. The van der Waals surface area contributed by atoms with Crippen LogP contribution < -0.4 is 10.6 Å². The molecule has 1 aromatic heterocycles. The molecule has 1 heterocycles. The van der Waals surface area contributed by atoms with Gasteiger partial charge in [0.2, 0.25) is 0 Å². The number of likely N-dealkylation sites (N-methyl/N-ethyl adjacent to an activating group) is 1. The van der Waals surface area contributed by atoms with E-state index in [0.717, 1.165) is 41.0 Å². The van der Waals surface area contributed by atoms with Gasteiger partial charge in [0.15, 0.2) is 0 Å². The van der Waals surface area contributed by atoms with E-state index in [4.69, 9.17) is 0 Å². The number of carbonyl (C=O) groups is 1. The maximum absolute atomic E-state index is 12.5. The Hall–Kier alpha value is -2.37. The monoisotopic (exact) mass is 372 g/mol. The Morgan fingerprint density at radius 1 is 1.08 bits per heavy atom. The first-order valence-corrected chi connectivity index (χ1v) is 8.63. The molecule has 0 aliphatic heterocycles. The Morgan fingerprint density at radius 3 is 2.62 bits per heavy atom. The summed E-state index contributed by atoms with van der Waals surface area (Å²) >= 11 is 0. The van der Waals surface area contributed by atoms with Crippen molar-refractivity contribution in [2.75, 3.05) is 20.1 Å². The molecule has 0 unspecified atom stereocenters. The summed E-state index contributed by atoms with van der Waals surface area (Å²) in [6.45, 7) is 4.12. The number of para-hydroxylation sites is 2. The van der Waals surface area contributed by atoms with E-state index in [1.165, 1.54) is 0 Å². The maximum Gasteiger partial charge on any atom is 0.251 e. The van der Waals surface area contributed by atoms with Crippen LogP contribution >= 0.6 is 12.4 Å². The molecule has 3 aromatic rings. The van der Waals surface area contributed by atoms with Crippen LogP contribution in [0, 0.1) is 6.92 Å². The van der Waals surface area contributed by atoms with Crippen molar-refractivity contribution < 1.29 is 4.79 Å². The van der Waals surface area contributed by atoms with Gasteiger partial charge in [-0.15, -0.1) is 12.4 Å². The van der Waals surface area contributed by atoms with Gasteiger partial charge in [-0.25, -0.2) is 4.98 Å². The molecule has 0 radical (unpaired) electrons. The van der Waals surface area contributed by atoms with Crippen LogP contribution in [0.1, 0.15) is 21.7 Å². The lowest BCUT2D eigenvalue weighted by atomic mass is 10.0. The number of hydrogen-bond acceptors (Lipinski definition) is 3. The number of aryl methyl sites for hydroxylation is 1. The van der Waals surface area contributed by atoms with Gasteiger partial charge in [0.1, 0.15) is 5.82 Å². The molecule has 0 saturated carbocycles. The molecule has 0 bridgehead atoms. The van der Waals surface area contributed by atoms with Gasteiger partial charge in [-0.2, -0.15) is 0 Å². The fraction of sp³-hybridized carbons (Fsp3) is 0.300. The standard InChI is InChI=1S/C20H24N4O.ClH/c1-15-23-18-9-5-6-10-19(18)24(15)14-13-22-20(25)17-8-4-3-7-16(17)11-12-21-2;/h3-10,21H,11-14H2,1-2H3,(H,22,25);1H. The number of rotatable bonds is 7. The highest BCUT2D eigenvalue weighted by molar-refractivity contribution is 5.95. The Morgan fingerprint density at radius 2 is 1.81 bits per heavy atom. The first-order chi connectivity index (χ1) is 12.2. The number of benzene rings is 2.